The molecule has 0 radical (unpaired) electrons. The van der Waals surface area contributed by atoms with Crippen molar-refractivity contribution in [3.05, 3.63) is 6.42 Å². The van der Waals surface area contributed by atoms with Crippen LogP contribution in [-0.4, -0.2) is 12.4 Å². The van der Waals surface area contributed by atoms with E-state index < -0.39 is 0 Å². The molecule has 0 saturated carbocycles. The third-order valence-electron chi connectivity index (χ3n) is 0.971. The number of rotatable bonds is 5. The summed E-state index contributed by atoms with van der Waals surface area (Å²) in [6.45, 7) is 3.91. The molecule has 0 aliphatic carbocycles. The molecule has 0 atom stereocenters. The van der Waals surface area contributed by atoms with Gasteiger partial charge in [-0.2, -0.15) is 26.2 Å². The molecule has 0 aromatic heterocycles. The molecule has 2 N–H and O–H groups in total. The quantitative estimate of drug-likeness (QED) is 0.243. The van der Waals surface area contributed by atoms with Crippen LogP contribution in [0.15, 0.2) is 0 Å². The first-order valence-corrected chi connectivity index (χ1v) is 3.90. The molecule has 3 heteroatoms. The van der Waals surface area contributed by atoms with Crippen LogP contribution < -0.4 is 18.9 Å². The molecule has 0 spiro atoms. The van der Waals surface area contributed by atoms with Crippen LogP contribution in [0.2, 0.25) is 0 Å². The average molecular weight is 160 g/mol. The van der Waals surface area contributed by atoms with Crippen molar-refractivity contribution in [1.82, 2.24) is 0 Å². The Hall–Kier alpha value is -0.0626. The van der Waals surface area contributed by atoms with Crippen LogP contribution in [0.25, 0.3) is 0 Å². The number of hydrogen-bond acceptors (Lipinski definition) is 2. The Morgan fingerprint density at radius 3 is 2.00 bits per heavy atom. The first-order chi connectivity index (χ1) is 5.33. The Kier molecular flexibility index (Phi) is 33.4. The van der Waals surface area contributed by atoms with Crippen LogP contribution in [-0.2, 0) is 0 Å². The fourth-order valence-electron chi connectivity index (χ4n) is 0.395. The second-order valence-corrected chi connectivity index (χ2v) is 2.01. The summed E-state index contributed by atoms with van der Waals surface area (Å²) >= 11 is 0. The number of unbranched alkanes of at least 4 members (excludes halogenated alkanes) is 3. The van der Waals surface area contributed by atoms with Gasteiger partial charge in [0, 0.05) is 0 Å². The largest absolute Gasteiger partial charge is 1.00 e. The summed E-state index contributed by atoms with van der Waals surface area (Å²) in [4.78, 5) is 0. The Bertz CT molecular complexity index is 84.6. The fraction of sp³-hybridized carbons (Fsp3) is 0.667. The predicted octanol–water partition coefficient (Wildman–Crippen LogP) is -0.166. The van der Waals surface area contributed by atoms with E-state index in [2.05, 4.69) is 18.9 Å². The molecule has 0 unspecified atom stereocenters. The summed E-state index contributed by atoms with van der Waals surface area (Å²) in [6.07, 6.45) is 10.4. The summed E-state index contributed by atoms with van der Waals surface area (Å²) in [7, 11) is 0. The Balaban J connectivity index is -0.000000142. The van der Waals surface area contributed by atoms with E-state index >= 15 is 0 Å². The van der Waals surface area contributed by atoms with Crippen molar-refractivity contribution in [3.8, 4) is 0 Å². The Morgan fingerprint density at radius 1 is 1.25 bits per heavy atom. The molecule has 0 aliphatic rings. The summed E-state index contributed by atoms with van der Waals surface area (Å²) in [5.41, 5.74) is 0. The maximum absolute atomic E-state index is 6.52. The van der Waals surface area contributed by atoms with E-state index in [0.717, 1.165) is 25.7 Å². The third kappa shape index (κ3) is 32.6. The van der Waals surface area contributed by atoms with Crippen LogP contribution in [0.4, 0.5) is 0 Å². The molecule has 66 valence electrons. The van der Waals surface area contributed by atoms with Crippen LogP contribution in [0.1, 0.15) is 39.5 Å². The summed E-state index contributed by atoms with van der Waals surface area (Å²) in [5, 5.41) is 12.7. The normalized spacial score (nSPS) is 7.17. The minimum atomic E-state index is 0. The van der Waals surface area contributed by atoms with E-state index in [9.17, 15) is 0 Å². The van der Waals surface area contributed by atoms with Gasteiger partial charge in [0.25, 0.3) is 0 Å². The molecule has 0 bridgehead atoms. The Morgan fingerprint density at radius 2 is 1.75 bits per heavy atom. The van der Waals surface area contributed by atoms with E-state index in [0.29, 0.717) is 0 Å². The van der Waals surface area contributed by atoms with Crippen molar-refractivity contribution in [2.24, 2.45) is 0 Å². The minimum absolute atomic E-state index is 0. The standard InChI is InChI=1S/C6H11N.C3H6N.Li/c1-2-3-4-5-6-7;1-2-3-4;/h2,7H,3-5H2,1H3;4H,2H2,1H3;/q-2;-1;+1. The van der Waals surface area contributed by atoms with Gasteiger partial charge in [0.2, 0.25) is 0 Å². The average Bonchev–Trinajstić information content (AvgIpc) is 2.06. The second-order valence-electron chi connectivity index (χ2n) is 2.01. The fourth-order valence-corrected chi connectivity index (χ4v) is 0.395. The smallest absolute Gasteiger partial charge is 0.519 e. The molecular weight excluding hydrogens is 143 g/mol. The zero-order chi connectivity index (χ0) is 8.95. The van der Waals surface area contributed by atoms with E-state index in [-0.39, 0.29) is 18.9 Å². The number of nitrogens with one attached hydrogen (secondary N) is 2. The van der Waals surface area contributed by atoms with Crippen LogP contribution in [0.3, 0.4) is 0 Å². The molecular formula is C9H17LiN2-2. The molecule has 0 fully saturated rings. The van der Waals surface area contributed by atoms with Crippen molar-refractivity contribution in [2.45, 2.75) is 39.5 Å². The molecule has 0 heterocycles. The summed E-state index contributed by atoms with van der Waals surface area (Å²) in [5.74, 6) is 0. The maximum Gasteiger partial charge on any atom is 1.00 e. The maximum atomic E-state index is 6.52. The molecule has 0 aromatic rings. The first kappa shape index (κ1) is 17.9. The van der Waals surface area contributed by atoms with E-state index in [4.69, 9.17) is 10.8 Å². The molecule has 12 heavy (non-hydrogen) atoms. The first-order valence-electron chi connectivity index (χ1n) is 3.90. The van der Waals surface area contributed by atoms with Gasteiger partial charge in [0.1, 0.15) is 0 Å². The molecule has 0 saturated heterocycles. The van der Waals surface area contributed by atoms with Crippen molar-refractivity contribution in [2.75, 3.05) is 0 Å². The van der Waals surface area contributed by atoms with Gasteiger partial charge in [-0.25, -0.2) is 0 Å². The summed E-state index contributed by atoms with van der Waals surface area (Å²) < 4.78 is 0. The SMILES string of the molecule is CC[C-]=N.C[CH-]CCC[C-]=N.[Li+]. The van der Waals surface area contributed by atoms with E-state index in [1.165, 1.54) is 0 Å². The summed E-state index contributed by atoms with van der Waals surface area (Å²) in [6, 6.07) is 0. The third-order valence-corrected chi connectivity index (χ3v) is 0.971. The van der Waals surface area contributed by atoms with Gasteiger partial charge in [0.05, 0.1) is 0 Å². The zero-order valence-electron chi connectivity index (χ0n) is 8.41. The van der Waals surface area contributed by atoms with Crippen molar-refractivity contribution >= 4 is 12.4 Å². The van der Waals surface area contributed by atoms with Gasteiger partial charge in [-0.15, -0.1) is 6.42 Å². The van der Waals surface area contributed by atoms with Gasteiger partial charge in [0.15, 0.2) is 0 Å². The van der Waals surface area contributed by atoms with E-state index in [1.54, 1.807) is 0 Å². The van der Waals surface area contributed by atoms with Crippen LogP contribution >= 0.6 is 0 Å². The van der Waals surface area contributed by atoms with Gasteiger partial charge >= 0.3 is 18.9 Å². The molecule has 0 aromatic carbocycles. The van der Waals surface area contributed by atoms with Gasteiger partial charge in [-0.1, -0.05) is 6.92 Å². The minimum Gasteiger partial charge on any atom is -0.519 e. The molecule has 2 nitrogen and oxygen atoms in total. The monoisotopic (exact) mass is 160 g/mol. The van der Waals surface area contributed by atoms with Crippen molar-refractivity contribution < 1.29 is 18.9 Å². The predicted molar refractivity (Wildman–Crippen MR) is 49.6 cm³/mol. The zero-order valence-corrected chi connectivity index (χ0v) is 8.41. The van der Waals surface area contributed by atoms with Gasteiger partial charge in [-0.05, 0) is 0 Å². The Labute approximate surface area is 88.3 Å². The van der Waals surface area contributed by atoms with Gasteiger partial charge < -0.3 is 29.7 Å². The molecule has 0 aliphatic heterocycles. The molecule has 0 amide bonds. The number of hydrogen-bond donors (Lipinski definition) is 2. The van der Waals surface area contributed by atoms with Crippen LogP contribution in [0.5, 0.6) is 0 Å². The van der Waals surface area contributed by atoms with Crippen LogP contribution in [0, 0.1) is 17.2 Å². The second kappa shape index (κ2) is 22.4. The van der Waals surface area contributed by atoms with Crippen molar-refractivity contribution in [3.63, 3.8) is 0 Å². The topological polar surface area (TPSA) is 47.7 Å². The van der Waals surface area contributed by atoms with E-state index in [1.807, 2.05) is 13.8 Å². The molecule has 0 rings (SSSR count). The van der Waals surface area contributed by atoms with Crippen molar-refractivity contribution in [1.29, 1.82) is 10.8 Å². The van der Waals surface area contributed by atoms with Gasteiger partial charge in [-0.3, -0.25) is 0 Å².